The summed E-state index contributed by atoms with van der Waals surface area (Å²) in [5.74, 6) is 0.0802. The highest BCUT2D eigenvalue weighted by Crippen LogP contribution is 2.23. The summed E-state index contributed by atoms with van der Waals surface area (Å²) in [6, 6.07) is 8.79. The SMILES string of the molecule is CC(C)(C)c1ccc(NC(=O)CCNC2CC2)cc1. The molecule has 0 atom stereocenters. The first kappa shape index (κ1) is 14.1. The number of anilines is 1. The Kier molecular flexibility index (Phi) is 4.25. The van der Waals surface area contributed by atoms with Crippen LogP contribution in [0.15, 0.2) is 24.3 Å². The Morgan fingerprint density at radius 1 is 1.21 bits per heavy atom. The van der Waals surface area contributed by atoms with Gasteiger partial charge in [0.15, 0.2) is 0 Å². The van der Waals surface area contributed by atoms with Gasteiger partial charge in [-0.1, -0.05) is 32.9 Å². The molecule has 3 heteroatoms. The van der Waals surface area contributed by atoms with Crippen LogP contribution in [0.25, 0.3) is 0 Å². The highest BCUT2D eigenvalue weighted by Gasteiger charge is 2.20. The lowest BCUT2D eigenvalue weighted by Crippen LogP contribution is -2.23. The fourth-order valence-corrected chi connectivity index (χ4v) is 1.95. The number of rotatable bonds is 5. The molecule has 3 nitrogen and oxygen atoms in total. The van der Waals surface area contributed by atoms with Crippen LogP contribution >= 0.6 is 0 Å². The largest absolute Gasteiger partial charge is 0.326 e. The van der Waals surface area contributed by atoms with E-state index >= 15 is 0 Å². The minimum absolute atomic E-state index is 0.0802. The number of carbonyl (C=O) groups is 1. The molecule has 104 valence electrons. The maximum atomic E-state index is 11.7. The maximum Gasteiger partial charge on any atom is 0.225 e. The van der Waals surface area contributed by atoms with Crippen LogP contribution in [0, 0.1) is 0 Å². The van der Waals surface area contributed by atoms with Crippen molar-refractivity contribution in [2.24, 2.45) is 0 Å². The van der Waals surface area contributed by atoms with Crippen molar-refractivity contribution in [3.63, 3.8) is 0 Å². The predicted molar refractivity (Wildman–Crippen MR) is 79.4 cm³/mol. The third kappa shape index (κ3) is 4.67. The van der Waals surface area contributed by atoms with Gasteiger partial charge in [0.25, 0.3) is 0 Å². The van der Waals surface area contributed by atoms with Crippen LogP contribution in [0.2, 0.25) is 0 Å². The highest BCUT2D eigenvalue weighted by atomic mass is 16.1. The third-order valence-corrected chi connectivity index (χ3v) is 3.40. The molecule has 19 heavy (non-hydrogen) atoms. The van der Waals surface area contributed by atoms with Crippen molar-refractivity contribution in [2.75, 3.05) is 11.9 Å². The predicted octanol–water partition coefficient (Wildman–Crippen LogP) is 3.06. The number of amides is 1. The lowest BCUT2D eigenvalue weighted by atomic mass is 9.87. The Morgan fingerprint density at radius 2 is 1.84 bits per heavy atom. The van der Waals surface area contributed by atoms with E-state index in [4.69, 9.17) is 0 Å². The molecule has 1 saturated carbocycles. The lowest BCUT2D eigenvalue weighted by molar-refractivity contribution is -0.116. The molecule has 0 aliphatic heterocycles. The zero-order valence-corrected chi connectivity index (χ0v) is 12.1. The summed E-state index contributed by atoms with van der Waals surface area (Å²) in [4.78, 5) is 11.7. The van der Waals surface area contributed by atoms with Crippen LogP contribution in [0.3, 0.4) is 0 Å². The van der Waals surface area contributed by atoms with Crippen molar-refractivity contribution in [3.05, 3.63) is 29.8 Å². The number of hydrogen-bond acceptors (Lipinski definition) is 2. The van der Waals surface area contributed by atoms with Gasteiger partial charge in [0.05, 0.1) is 0 Å². The Bertz CT molecular complexity index is 427. The molecule has 1 amide bonds. The molecule has 1 aromatic rings. The topological polar surface area (TPSA) is 41.1 Å². The summed E-state index contributed by atoms with van der Waals surface area (Å²) in [5, 5.41) is 6.28. The van der Waals surface area contributed by atoms with Crippen LogP contribution in [-0.4, -0.2) is 18.5 Å². The molecular formula is C16H24N2O. The molecule has 0 spiro atoms. The van der Waals surface area contributed by atoms with Crippen LogP contribution in [0.1, 0.15) is 45.6 Å². The average Bonchev–Trinajstić information content (AvgIpc) is 3.12. The molecule has 1 fully saturated rings. The summed E-state index contributed by atoms with van der Waals surface area (Å²) in [5.41, 5.74) is 2.31. The molecule has 2 N–H and O–H groups in total. The van der Waals surface area contributed by atoms with E-state index in [1.54, 1.807) is 0 Å². The van der Waals surface area contributed by atoms with Gasteiger partial charge in [-0.2, -0.15) is 0 Å². The van der Waals surface area contributed by atoms with E-state index in [0.29, 0.717) is 12.5 Å². The standard InChI is InChI=1S/C16H24N2O/c1-16(2,3)12-4-6-14(7-5-12)18-15(19)10-11-17-13-8-9-13/h4-7,13,17H,8-11H2,1-3H3,(H,18,19). The van der Waals surface area contributed by atoms with Gasteiger partial charge in [-0.3, -0.25) is 4.79 Å². The van der Waals surface area contributed by atoms with Crippen molar-refractivity contribution >= 4 is 11.6 Å². The average molecular weight is 260 g/mol. The fraction of sp³-hybridized carbons (Fsp3) is 0.562. The van der Waals surface area contributed by atoms with Crippen LogP contribution in [-0.2, 0) is 10.2 Å². The van der Waals surface area contributed by atoms with E-state index < -0.39 is 0 Å². The van der Waals surface area contributed by atoms with E-state index in [2.05, 4.69) is 43.5 Å². The van der Waals surface area contributed by atoms with Crippen molar-refractivity contribution in [2.45, 2.75) is 51.5 Å². The van der Waals surface area contributed by atoms with Gasteiger partial charge in [0.1, 0.15) is 0 Å². The summed E-state index contributed by atoms with van der Waals surface area (Å²) in [6.07, 6.45) is 3.06. The fourth-order valence-electron chi connectivity index (χ4n) is 1.95. The second-order valence-corrected chi connectivity index (χ2v) is 6.35. The first-order chi connectivity index (χ1) is 8.95. The van der Waals surface area contributed by atoms with Gasteiger partial charge in [-0.15, -0.1) is 0 Å². The minimum atomic E-state index is 0.0802. The minimum Gasteiger partial charge on any atom is -0.326 e. The molecule has 0 heterocycles. The Labute approximate surface area is 115 Å². The van der Waals surface area contributed by atoms with Crippen molar-refractivity contribution in [1.82, 2.24) is 5.32 Å². The molecule has 0 unspecified atom stereocenters. The van der Waals surface area contributed by atoms with E-state index in [9.17, 15) is 4.79 Å². The summed E-state index contributed by atoms with van der Waals surface area (Å²) < 4.78 is 0. The maximum absolute atomic E-state index is 11.7. The number of hydrogen-bond donors (Lipinski definition) is 2. The Morgan fingerprint density at radius 3 is 2.37 bits per heavy atom. The molecule has 0 saturated heterocycles. The first-order valence-electron chi connectivity index (χ1n) is 7.09. The zero-order valence-electron chi connectivity index (χ0n) is 12.1. The van der Waals surface area contributed by atoms with Crippen molar-refractivity contribution in [1.29, 1.82) is 0 Å². The van der Waals surface area contributed by atoms with E-state index in [-0.39, 0.29) is 11.3 Å². The number of carbonyl (C=O) groups excluding carboxylic acids is 1. The monoisotopic (exact) mass is 260 g/mol. The summed E-state index contributed by atoms with van der Waals surface area (Å²) in [7, 11) is 0. The molecule has 0 radical (unpaired) electrons. The van der Waals surface area contributed by atoms with Gasteiger partial charge in [0, 0.05) is 24.7 Å². The van der Waals surface area contributed by atoms with Crippen LogP contribution < -0.4 is 10.6 Å². The molecule has 0 aromatic heterocycles. The molecule has 1 aliphatic carbocycles. The first-order valence-corrected chi connectivity index (χ1v) is 7.09. The zero-order chi connectivity index (χ0) is 13.9. The molecular weight excluding hydrogens is 236 g/mol. The van der Waals surface area contributed by atoms with Gasteiger partial charge in [0.2, 0.25) is 5.91 Å². The Balaban J connectivity index is 1.79. The molecule has 1 aromatic carbocycles. The number of nitrogens with one attached hydrogen (secondary N) is 2. The second-order valence-electron chi connectivity index (χ2n) is 6.35. The summed E-state index contributed by atoms with van der Waals surface area (Å²) >= 11 is 0. The van der Waals surface area contributed by atoms with Crippen molar-refractivity contribution in [3.8, 4) is 0 Å². The third-order valence-electron chi connectivity index (χ3n) is 3.40. The smallest absolute Gasteiger partial charge is 0.225 e. The second kappa shape index (κ2) is 5.74. The van der Waals surface area contributed by atoms with Gasteiger partial charge < -0.3 is 10.6 Å². The quantitative estimate of drug-likeness (QED) is 0.854. The van der Waals surface area contributed by atoms with E-state index in [1.165, 1.54) is 18.4 Å². The molecule has 2 rings (SSSR count). The lowest BCUT2D eigenvalue weighted by Gasteiger charge is -2.19. The van der Waals surface area contributed by atoms with Crippen molar-refractivity contribution < 1.29 is 4.79 Å². The van der Waals surface area contributed by atoms with Crippen LogP contribution in [0.4, 0.5) is 5.69 Å². The molecule has 0 bridgehead atoms. The highest BCUT2D eigenvalue weighted by molar-refractivity contribution is 5.90. The normalized spacial score (nSPS) is 15.3. The number of benzene rings is 1. The summed E-state index contributed by atoms with van der Waals surface area (Å²) in [6.45, 7) is 7.33. The van der Waals surface area contributed by atoms with Gasteiger partial charge >= 0.3 is 0 Å². The van der Waals surface area contributed by atoms with Gasteiger partial charge in [-0.05, 0) is 36.0 Å². The van der Waals surface area contributed by atoms with Crippen LogP contribution in [0.5, 0.6) is 0 Å². The molecule has 1 aliphatic rings. The van der Waals surface area contributed by atoms with E-state index in [1.807, 2.05) is 12.1 Å². The van der Waals surface area contributed by atoms with Gasteiger partial charge in [-0.25, -0.2) is 0 Å². The van der Waals surface area contributed by atoms with E-state index in [0.717, 1.165) is 12.2 Å². The Hall–Kier alpha value is -1.35.